The van der Waals surface area contributed by atoms with Crippen LogP contribution < -0.4 is 0 Å². The highest BCUT2D eigenvalue weighted by Crippen LogP contribution is 2.32. The van der Waals surface area contributed by atoms with E-state index in [1.807, 2.05) is 0 Å². The van der Waals surface area contributed by atoms with Gasteiger partial charge >= 0.3 is 0 Å². The maximum atomic E-state index is 12.7. The van der Waals surface area contributed by atoms with Gasteiger partial charge in [0.25, 0.3) is 0 Å². The van der Waals surface area contributed by atoms with Crippen LogP contribution in [0.2, 0.25) is 0 Å². The zero-order valence-corrected chi connectivity index (χ0v) is 12.3. The Kier molecular flexibility index (Phi) is 3.48. The molecule has 4 nitrogen and oxygen atoms in total. The summed E-state index contributed by atoms with van der Waals surface area (Å²) in [5.41, 5.74) is 1.28. The van der Waals surface area contributed by atoms with E-state index in [1.54, 1.807) is 20.8 Å². The standard InChI is InChI=1S/C15H16O4S/c1-9-8-15(10(2)7-13(9)17)20(18,19)14-6-4-5-12(16)11(14)3/h4-8,16-17H,1-3H3. The van der Waals surface area contributed by atoms with Crippen LogP contribution >= 0.6 is 0 Å². The maximum Gasteiger partial charge on any atom is 0.207 e. The van der Waals surface area contributed by atoms with Crippen molar-refractivity contribution in [2.45, 2.75) is 30.6 Å². The quantitative estimate of drug-likeness (QED) is 0.892. The molecule has 0 heterocycles. The lowest BCUT2D eigenvalue weighted by Gasteiger charge is -2.12. The first-order chi connectivity index (χ1) is 9.25. The van der Waals surface area contributed by atoms with Crippen LogP contribution in [0.4, 0.5) is 0 Å². The van der Waals surface area contributed by atoms with Gasteiger partial charge in [0.2, 0.25) is 9.84 Å². The normalized spacial score (nSPS) is 11.6. The molecule has 0 fully saturated rings. The second-order valence-electron chi connectivity index (χ2n) is 4.81. The Bertz CT molecular complexity index is 777. The van der Waals surface area contributed by atoms with E-state index < -0.39 is 9.84 Å². The van der Waals surface area contributed by atoms with Crippen LogP contribution in [0.3, 0.4) is 0 Å². The Morgan fingerprint density at radius 2 is 1.50 bits per heavy atom. The molecule has 5 heteroatoms. The summed E-state index contributed by atoms with van der Waals surface area (Å²) in [6.07, 6.45) is 0. The van der Waals surface area contributed by atoms with Crippen molar-refractivity contribution in [1.29, 1.82) is 0 Å². The number of rotatable bonds is 2. The summed E-state index contributed by atoms with van der Waals surface area (Å²) in [6, 6.07) is 7.29. The van der Waals surface area contributed by atoms with Gasteiger partial charge in [-0.25, -0.2) is 8.42 Å². The predicted molar refractivity (Wildman–Crippen MR) is 75.9 cm³/mol. The number of hydrogen-bond acceptors (Lipinski definition) is 4. The van der Waals surface area contributed by atoms with Crippen molar-refractivity contribution in [2.24, 2.45) is 0 Å². The largest absolute Gasteiger partial charge is 0.508 e. The number of aromatic hydroxyl groups is 2. The van der Waals surface area contributed by atoms with Crippen molar-refractivity contribution in [3.05, 3.63) is 47.0 Å². The Balaban J connectivity index is 2.74. The Labute approximate surface area is 118 Å². The van der Waals surface area contributed by atoms with E-state index in [-0.39, 0.29) is 21.3 Å². The molecule has 0 aliphatic rings. The molecule has 20 heavy (non-hydrogen) atoms. The van der Waals surface area contributed by atoms with Crippen LogP contribution in [0.15, 0.2) is 40.1 Å². The fourth-order valence-electron chi connectivity index (χ4n) is 2.08. The van der Waals surface area contributed by atoms with Crippen LogP contribution in [-0.2, 0) is 9.84 Å². The minimum absolute atomic E-state index is 0.0563. The molecule has 2 aromatic rings. The van der Waals surface area contributed by atoms with Crippen molar-refractivity contribution >= 4 is 9.84 Å². The monoisotopic (exact) mass is 292 g/mol. The van der Waals surface area contributed by atoms with Gasteiger partial charge in [0.05, 0.1) is 9.79 Å². The summed E-state index contributed by atoms with van der Waals surface area (Å²) in [4.78, 5) is 0.215. The van der Waals surface area contributed by atoms with E-state index in [0.29, 0.717) is 16.7 Å². The van der Waals surface area contributed by atoms with Crippen molar-refractivity contribution in [3.8, 4) is 11.5 Å². The molecule has 0 bridgehead atoms. The van der Waals surface area contributed by atoms with Crippen LogP contribution in [0.5, 0.6) is 11.5 Å². The van der Waals surface area contributed by atoms with Gasteiger partial charge in [-0.15, -0.1) is 0 Å². The lowest BCUT2D eigenvalue weighted by atomic mass is 10.1. The molecule has 0 aliphatic heterocycles. The summed E-state index contributed by atoms with van der Waals surface area (Å²) in [6.45, 7) is 4.83. The number of phenolic OH excluding ortho intramolecular Hbond substituents is 2. The van der Waals surface area contributed by atoms with Crippen LogP contribution in [0, 0.1) is 20.8 Å². The lowest BCUT2D eigenvalue weighted by Crippen LogP contribution is -2.06. The van der Waals surface area contributed by atoms with Gasteiger partial charge in [0.15, 0.2) is 0 Å². The summed E-state index contributed by atoms with van der Waals surface area (Å²) in [7, 11) is -3.73. The van der Waals surface area contributed by atoms with E-state index in [9.17, 15) is 18.6 Å². The van der Waals surface area contributed by atoms with Crippen LogP contribution in [-0.4, -0.2) is 18.6 Å². The van der Waals surface area contributed by atoms with Crippen LogP contribution in [0.25, 0.3) is 0 Å². The molecule has 106 valence electrons. The number of aryl methyl sites for hydroxylation is 2. The molecule has 0 aromatic heterocycles. The van der Waals surface area contributed by atoms with Crippen molar-refractivity contribution in [3.63, 3.8) is 0 Å². The average molecular weight is 292 g/mol. The first-order valence-electron chi connectivity index (χ1n) is 6.09. The highest BCUT2D eigenvalue weighted by Gasteiger charge is 2.23. The van der Waals surface area contributed by atoms with Gasteiger partial charge in [-0.1, -0.05) is 6.07 Å². The van der Waals surface area contributed by atoms with E-state index in [2.05, 4.69) is 0 Å². The maximum absolute atomic E-state index is 12.7. The van der Waals surface area contributed by atoms with Gasteiger partial charge in [-0.3, -0.25) is 0 Å². The minimum atomic E-state index is -3.73. The molecule has 0 atom stereocenters. The topological polar surface area (TPSA) is 74.6 Å². The van der Waals surface area contributed by atoms with Gasteiger partial charge < -0.3 is 10.2 Å². The molecule has 0 spiro atoms. The highest BCUT2D eigenvalue weighted by atomic mass is 32.2. The third-order valence-electron chi connectivity index (χ3n) is 3.33. The zero-order valence-electron chi connectivity index (χ0n) is 11.5. The first-order valence-corrected chi connectivity index (χ1v) is 7.57. The molecule has 0 unspecified atom stereocenters. The fourth-order valence-corrected chi connectivity index (χ4v) is 3.89. The Hall–Kier alpha value is -2.01. The predicted octanol–water partition coefficient (Wildman–Crippen LogP) is 2.86. The summed E-state index contributed by atoms with van der Waals surface area (Å²) in [5, 5.41) is 19.3. The summed E-state index contributed by atoms with van der Waals surface area (Å²) >= 11 is 0. The molecule has 2 N–H and O–H groups in total. The van der Waals surface area contributed by atoms with Gasteiger partial charge in [0, 0.05) is 5.56 Å². The lowest BCUT2D eigenvalue weighted by molar-refractivity contribution is 0.467. The SMILES string of the molecule is Cc1cc(S(=O)(=O)c2cccc(O)c2C)c(C)cc1O. The molecule has 0 saturated heterocycles. The molecule has 2 aromatic carbocycles. The number of sulfone groups is 1. The smallest absolute Gasteiger partial charge is 0.207 e. The second kappa shape index (κ2) is 4.83. The first kappa shape index (κ1) is 14.4. The molecule has 0 saturated carbocycles. The molecule has 0 radical (unpaired) electrons. The molecular weight excluding hydrogens is 276 g/mol. The summed E-state index contributed by atoms with van der Waals surface area (Å²) < 4.78 is 25.4. The number of phenols is 2. The highest BCUT2D eigenvalue weighted by molar-refractivity contribution is 7.91. The van der Waals surface area contributed by atoms with Crippen molar-refractivity contribution in [1.82, 2.24) is 0 Å². The van der Waals surface area contributed by atoms with Crippen molar-refractivity contribution < 1.29 is 18.6 Å². The molecule has 2 rings (SSSR count). The Morgan fingerprint density at radius 1 is 0.850 bits per heavy atom. The third kappa shape index (κ3) is 2.25. The van der Waals surface area contributed by atoms with E-state index >= 15 is 0 Å². The molecule has 0 aliphatic carbocycles. The summed E-state index contributed by atoms with van der Waals surface area (Å²) in [5.74, 6) is 0.00769. The van der Waals surface area contributed by atoms with E-state index in [0.717, 1.165) is 0 Å². The second-order valence-corrected chi connectivity index (χ2v) is 6.69. The number of benzene rings is 2. The zero-order chi connectivity index (χ0) is 15.1. The fraction of sp³-hybridized carbons (Fsp3) is 0.200. The van der Waals surface area contributed by atoms with Gasteiger partial charge in [-0.05, 0) is 56.2 Å². The number of hydrogen-bond donors (Lipinski definition) is 2. The average Bonchev–Trinajstić information content (AvgIpc) is 2.36. The van der Waals surface area contributed by atoms with Gasteiger partial charge in [-0.2, -0.15) is 0 Å². The molecular formula is C15H16O4S. The van der Waals surface area contributed by atoms with Crippen molar-refractivity contribution in [2.75, 3.05) is 0 Å². The van der Waals surface area contributed by atoms with E-state index in [4.69, 9.17) is 0 Å². The Morgan fingerprint density at radius 3 is 2.15 bits per heavy atom. The third-order valence-corrected chi connectivity index (χ3v) is 5.37. The minimum Gasteiger partial charge on any atom is -0.508 e. The van der Waals surface area contributed by atoms with Crippen LogP contribution in [0.1, 0.15) is 16.7 Å². The van der Waals surface area contributed by atoms with Gasteiger partial charge in [0.1, 0.15) is 11.5 Å². The molecule has 0 amide bonds. The van der Waals surface area contributed by atoms with E-state index in [1.165, 1.54) is 30.3 Å².